The fourth-order valence-corrected chi connectivity index (χ4v) is 2.47. The molecule has 0 aliphatic carbocycles. The Morgan fingerprint density at radius 1 is 1.12 bits per heavy atom. The lowest BCUT2D eigenvalue weighted by atomic mass is 10.1. The number of benzene rings is 1. The molecule has 1 aromatic carbocycles. The van der Waals surface area contributed by atoms with Gasteiger partial charge >= 0.3 is 0 Å². The average molecular weight is 361 g/mol. The van der Waals surface area contributed by atoms with Crippen LogP contribution >= 0.6 is 0 Å². The van der Waals surface area contributed by atoms with E-state index in [0.29, 0.717) is 11.7 Å². The Hall–Kier alpha value is -2.77. The molecule has 0 aliphatic heterocycles. The predicted molar refractivity (Wildman–Crippen MR) is 100.0 cm³/mol. The zero-order valence-electron chi connectivity index (χ0n) is 15.8. The third-order valence-corrected chi connectivity index (χ3v) is 3.81. The number of hydrogen-bond donors (Lipinski definition) is 2. The minimum Gasteiger partial charge on any atom is -0.493 e. The Morgan fingerprint density at radius 3 is 2.54 bits per heavy atom. The zero-order chi connectivity index (χ0) is 18.8. The van der Waals surface area contributed by atoms with Crippen LogP contribution in [0.5, 0.6) is 11.5 Å². The van der Waals surface area contributed by atoms with E-state index < -0.39 is 0 Å². The summed E-state index contributed by atoms with van der Waals surface area (Å²) in [6, 6.07) is 5.94. The number of aliphatic imine (C=N–C) groups is 1. The lowest BCUT2D eigenvalue weighted by molar-refractivity contribution is 0.354. The van der Waals surface area contributed by atoms with E-state index in [9.17, 15) is 0 Å². The summed E-state index contributed by atoms with van der Waals surface area (Å²) in [6.45, 7) is 3.35. The topological polar surface area (TPSA) is 93.8 Å². The van der Waals surface area contributed by atoms with Crippen LogP contribution in [0, 0.1) is 6.92 Å². The first-order valence-corrected chi connectivity index (χ1v) is 8.61. The summed E-state index contributed by atoms with van der Waals surface area (Å²) in [5.41, 5.74) is 1.16. The minimum atomic E-state index is 0.667. The number of nitrogens with one attached hydrogen (secondary N) is 2. The summed E-state index contributed by atoms with van der Waals surface area (Å²) in [7, 11) is 5.03. The number of ether oxygens (including phenoxy) is 2. The number of guanidine groups is 1. The summed E-state index contributed by atoms with van der Waals surface area (Å²) in [4.78, 5) is 8.41. The van der Waals surface area contributed by atoms with Crippen molar-refractivity contribution in [3.8, 4) is 11.5 Å². The molecule has 0 amide bonds. The molecule has 0 saturated heterocycles. The molecule has 0 aliphatic rings. The molecule has 2 N–H and O–H groups in total. The molecule has 0 saturated carbocycles. The predicted octanol–water partition coefficient (Wildman–Crippen LogP) is 1.74. The monoisotopic (exact) mass is 361 g/mol. The van der Waals surface area contributed by atoms with Crippen LogP contribution in [0.4, 0.5) is 0 Å². The molecule has 8 heteroatoms. The van der Waals surface area contributed by atoms with Crippen LogP contribution in [0.1, 0.15) is 23.7 Å². The van der Waals surface area contributed by atoms with Crippen molar-refractivity contribution in [3.63, 3.8) is 0 Å². The quantitative estimate of drug-likeness (QED) is 0.399. The standard InChI is InChI=1S/C18H27N5O3/c1-13-22-17(26-23-13)6-5-10-20-18(19-2)21-11-9-14-7-8-15(24-3)16(12-14)25-4/h7-8,12H,5-6,9-11H2,1-4H3,(H2,19,20,21). The Balaban J connectivity index is 1.70. The van der Waals surface area contributed by atoms with Crippen LogP contribution in [-0.2, 0) is 12.8 Å². The molecule has 0 radical (unpaired) electrons. The number of hydrogen-bond acceptors (Lipinski definition) is 6. The van der Waals surface area contributed by atoms with Gasteiger partial charge in [-0.2, -0.15) is 4.98 Å². The third-order valence-electron chi connectivity index (χ3n) is 3.81. The van der Waals surface area contributed by atoms with E-state index in [4.69, 9.17) is 14.0 Å². The van der Waals surface area contributed by atoms with Crippen molar-refractivity contribution in [2.45, 2.75) is 26.2 Å². The summed E-state index contributed by atoms with van der Waals surface area (Å²) < 4.78 is 15.7. The van der Waals surface area contributed by atoms with Crippen molar-refractivity contribution in [3.05, 3.63) is 35.5 Å². The number of aryl methyl sites for hydroxylation is 2. The highest BCUT2D eigenvalue weighted by Gasteiger charge is 2.05. The molecule has 2 aromatic rings. The molecule has 0 unspecified atom stereocenters. The minimum absolute atomic E-state index is 0.667. The van der Waals surface area contributed by atoms with Crippen LogP contribution in [0.2, 0.25) is 0 Å². The second-order valence-corrected chi connectivity index (χ2v) is 5.70. The van der Waals surface area contributed by atoms with E-state index >= 15 is 0 Å². The van der Waals surface area contributed by atoms with Crippen LogP contribution < -0.4 is 20.1 Å². The van der Waals surface area contributed by atoms with Gasteiger partial charge in [0.05, 0.1) is 14.2 Å². The number of methoxy groups -OCH3 is 2. The number of rotatable bonds is 9. The molecule has 1 aromatic heterocycles. The molecule has 0 atom stereocenters. The Bertz CT molecular complexity index is 715. The first-order chi connectivity index (χ1) is 12.7. The van der Waals surface area contributed by atoms with Crippen LogP contribution in [0.3, 0.4) is 0 Å². The normalized spacial score (nSPS) is 11.3. The highest BCUT2D eigenvalue weighted by atomic mass is 16.5. The first kappa shape index (κ1) is 19.6. The average Bonchev–Trinajstić information content (AvgIpc) is 3.08. The van der Waals surface area contributed by atoms with Crippen LogP contribution in [-0.4, -0.2) is 50.5 Å². The summed E-state index contributed by atoms with van der Waals surface area (Å²) in [6.07, 6.45) is 2.48. The molecule has 0 bridgehead atoms. The molecule has 2 rings (SSSR count). The zero-order valence-corrected chi connectivity index (χ0v) is 15.8. The second kappa shape index (κ2) is 10.3. The van der Waals surface area contributed by atoms with Gasteiger partial charge in [0.25, 0.3) is 0 Å². The van der Waals surface area contributed by atoms with Crippen molar-refractivity contribution < 1.29 is 14.0 Å². The smallest absolute Gasteiger partial charge is 0.226 e. The van der Waals surface area contributed by atoms with Crippen molar-refractivity contribution in [1.29, 1.82) is 0 Å². The maximum Gasteiger partial charge on any atom is 0.226 e. The van der Waals surface area contributed by atoms with Crippen molar-refractivity contribution >= 4 is 5.96 Å². The highest BCUT2D eigenvalue weighted by molar-refractivity contribution is 5.79. The molecular weight excluding hydrogens is 334 g/mol. The fourth-order valence-electron chi connectivity index (χ4n) is 2.47. The SMILES string of the molecule is CN=C(NCCCc1nc(C)no1)NCCc1ccc(OC)c(OC)c1. The summed E-state index contributed by atoms with van der Waals surface area (Å²) in [5, 5.41) is 10.4. The van der Waals surface area contributed by atoms with Gasteiger partial charge < -0.3 is 24.6 Å². The second-order valence-electron chi connectivity index (χ2n) is 5.70. The number of aromatic nitrogens is 2. The Morgan fingerprint density at radius 2 is 1.88 bits per heavy atom. The molecule has 1 heterocycles. The molecule has 0 spiro atoms. The van der Waals surface area contributed by atoms with Gasteiger partial charge in [0.1, 0.15) is 0 Å². The highest BCUT2D eigenvalue weighted by Crippen LogP contribution is 2.27. The van der Waals surface area contributed by atoms with E-state index in [0.717, 1.165) is 55.4 Å². The Kier molecular flexibility index (Phi) is 7.73. The van der Waals surface area contributed by atoms with Gasteiger partial charge in [-0.15, -0.1) is 0 Å². The van der Waals surface area contributed by atoms with Crippen LogP contribution in [0.25, 0.3) is 0 Å². The van der Waals surface area contributed by atoms with Crippen molar-refractivity contribution in [2.75, 3.05) is 34.4 Å². The lowest BCUT2D eigenvalue weighted by Gasteiger charge is -2.12. The molecule has 26 heavy (non-hydrogen) atoms. The lowest BCUT2D eigenvalue weighted by Crippen LogP contribution is -2.38. The molecule has 0 fully saturated rings. The van der Waals surface area contributed by atoms with E-state index in [2.05, 4.69) is 25.8 Å². The van der Waals surface area contributed by atoms with Gasteiger partial charge in [0, 0.05) is 26.6 Å². The summed E-state index contributed by atoms with van der Waals surface area (Å²) in [5.74, 6) is 3.58. The fraction of sp³-hybridized carbons (Fsp3) is 0.500. The van der Waals surface area contributed by atoms with Crippen molar-refractivity contribution in [2.24, 2.45) is 4.99 Å². The maximum atomic E-state index is 5.33. The molecule has 142 valence electrons. The largest absolute Gasteiger partial charge is 0.493 e. The third kappa shape index (κ3) is 5.94. The van der Waals surface area contributed by atoms with Gasteiger partial charge in [0.2, 0.25) is 5.89 Å². The maximum absolute atomic E-state index is 5.33. The van der Waals surface area contributed by atoms with Crippen molar-refractivity contribution in [1.82, 2.24) is 20.8 Å². The van der Waals surface area contributed by atoms with Crippen LogP contribution in [0.15, 0.2) is 27.7 Å². The number of nitrogens with zero attached hydrogens (tertiary/aromatic N) is 3. The van der Waals surface area contributed by atoms with Gasteiger partial charge in [-0.05, 0) is 37.5 Å². The molecule has 8 nitrogen and oxygen atoms in total. The van der Waals surface area contributed by atoms with Gasteiger partial charge in [-0.25, -0.2) is 0 Å². The van der Waals surface area contributed by atoms with E-state index in [-0.39, 0.29) is 0 Å². The van der Waals surface area contributed by atoms with Gasteiger partial charge in [-0.1, -0.05) is 11.2 Å². The van der Waals surface area contributed by atoms with E-state index in [1.807, 2.05) is 25.1 Å². The summed E-state index contributed by atoms with van der Waals surface area (Å²) >= 11 is 0. The van der Waals surface area contributed by atoms with E-state index in [1.54, 1.807) is 21.3 Å². The Labute approximate surface area is 154 Å². The van der Waals surface area contributed by atoms with Gasteiger partial charge in [-0.3, -0.25) is 4.99 Å². The van der Waals surface area contributed by atoms with Gasteiger partial charge in [0.15, 0.2) is 23.3 Å². The van der Waals surface area contributed by atoms with E-state index in [1.165, 1.54) is 0 Å². The first-order valence-electron chi connectivity index (χ1n) is 8.61. The molecular formula is C18H27N5O3.